The Morgan fingerprint density at radius 1 is 1.33 bits per heavy atom. The lowest BCUT2D eigenvalue weighted by atomic mass is 9.94. The summed E-state index contributed by atoms with van der Waals surface area (Å²) in [6.07, 6.45) is 1.36. The number of nitrogens with one attached hydrogen (secondary N) is 1. The van der Waals surface area contributed by atoms with Gasteiger partial charge in [-0.05, 0) is 40.5 Å². The molecule has 0 saturated carbocycles. The molecule has 0 atom stereocenters. The van der Waals surface area contributed by atoms with Crippen molar-refractivity contribution < 1.29 is 14.7 Å². The zero-order valence-electron chi connectivity index (χ0n) is 13.7. The monoisotopic (exact) mass is 299 g/mol. The molecule has 2 N–H and O–H groups in total. The van der Waals surface area contributed by atoms with Gasteiger partial charge in [-0.2, -0.15) is 0 Å². The first-order chi connectivity index (χ1) is 9.73. The van der Waals surface area contributed by atoms with E-state index < -0.39 is 5.60 Å². The highest BCUT2D eigenvalue weighted by atomic mass is 16.3. The zero-order chi connectivity index (χ0) is 16.0. The normalized spacial score (nSPS) is 18.6. The number of aliphatic hydroxyl groups is 1. The third-order valence-electron chi connectivity index (χ3n) is 3.81. The quantitative estimate of drug-likeness (QED) is 0.735. The lowest BCUT2D eigenvalue weighted by Crippen LogP contribution is -2.49. The lowest BCUT2D eigenvalue weighted by Gasteiger charge is -2.36. The molecule has 0 aliphatic carbocycles. The minimum Gasteiger partial charge on any atom is -0.390 e. The number of rotatable bonds is 6. The van der Waals surface area contributed by atoms with E-state index in [1.165, 1.54) is 0 Å². The number of carbonyl (C=O) groups excluding carboxylic acids is 2. The Bertz CT molecular complexity index is 359. The zero-order valence-corrected chi connectivity index (χ0v) is 13.7. The molecule has 0 bridgehead atoms. The van der Waals surface area contributed by atoms with Gasteiger partial charge >= 0.3 is 0 Å². The van der Waals surface area contributed by atoms with Gasteiger partial charge in [-0.1, -0.05) is 0 Å². The van der Waals surface area contributed by atoms with Crippen LogP contribution >= 0.6 is 0 Å². The van der Waals surface area contributed by atoms with Crippen LogP contribution in [0.1, 0.15) is 40.5 Å². The first-order valence-corrected chi connectivity index (χ1v) is 7.75. The summed E-state index contributed by atoms with van der Waals surface area (Å²) in [6, 6.07) is 0.0793. The Kier molecular flexibility index (Phi) is 6.61. The van der Waals surface area contributed by atoms with Crippen molar-refractivity contribution in [2.24, 2.45) is 0 Å². The molecule has 0 aromatic carbocycles. The van der Waals surface area contributed by atoms with Crippen LogP contribution in [-0.2, 0) is 9.59 Å². The van der Waals surface area contributed by atoms with E-state index in [0.29, 0.717) is 39.0 Å². The standard InChI is InChI=1S/C15H29N3O3/c1-5-18(10-13(19)16-12(2)3)14(20)11-17-8-6-15(4,21)7-9-17/h12,21H,5-11H2,1-4H3,(H,16,19). The number of amides is 2. The minimum absolute atomic E-state index is 0.0297. The number of hydrogen-bond acceptors (Lipinski definition) is 4. The van der Waals surface area contributed by atoms with Crippen LogP contribution in [0.2, 0.25) is 0 Å². The molecule has 122 valence electrons. The number of piperidine rings is 1. The van der Waals surface area contributed by atoms with Crippen LogP contribution in [0.3, 0.4) is 0 Å². The third kappa shape index (κ3) is 6.44. The van der Waals surface area contributed by atoms with E-state index in [1.54, 1.807) is 4.90 Å². The maximum atomic E-state index is 12.3. The van der Waals surface area contributed by atoms with Gasteiger partial charge in [0.05, 0.1) is 18.7 Å². The largest absolute Gasteiger partial charge is 0.390 e. The average Bonchev–Trinajstić information content (AvgIpc) is 2.37. The van der Waals surface area contributed by atoms with Gasteiger partial charge in [0.2, 0.25) is 11.8 Å². The predicted octanol–water partition coefficient (Wildman–Crippen LogP) is 0.206. The summed E-state index contributed by atoms with van der Waals surface area (Å²) in [5, 5.41) is 12.7. The number of carbonyl (C=O) groups is 2. The summed E-state index contributed by atoms with van der Waals surface area (Å²) >= 11 is 0. The van der Waals surface area contributed by atoms with Crippen LogP contribution in [0, 0.1) is 0 Å². The van der Waals surface area contributed by atoms with Crippen molar-refractivity contribution in [2.75, 3.05) is 32.7 Å². The maximum Gasteiger partial charge on any atom is 0.239 e. The molecule has 2 amide bonds. The summed E-state index contributed by atoms with van der Waals surface area (Å²) in [5.41, 5.74) is -0.610. The Morgan fingerprint density at radius 2 is 1.90 bits per heavy atom. The van der Waals surface area contributed by atoms with Crippen molar-refractivity contribution in [3.05, 3.63) is 0 Å². The first-order valence-electron chi connectivity index (χ1n) is 7.75. The van der Waals surface area contributed by atoms with Gasteiger partial charge in [0, 0.05) is 25.7 Å². The van der Waals surface area contributed by atoms with Crippen LogP contribution in [0.4, 0.5) is 0 Å². The second-order valence-corrected chi connectivity index (χ2v) is 6.40. The molecule has 1 fully saturated rings. The summed E-state index contributed by atoms with van der Waals surface area (Å²) in [5.74, 6) is -0.153. The van der Waals surface area contributed by atoms with Gasteiger partial charge < -0.3 is 15.3 Å². The van der Waals surface area contributed by atoms with Crippen LogP contribution in [0.25, 0.3) is 0 Å². The number of likely N-dealkylation sites (tertiary alicyclic amines) is 1. The van der Waals surface area contributed by atoms with E-state index in [4.69, 9.17) is 0 Å². The Labute approximate surface area is 127 Å². The van der Waals surface area contributed by atoms with Crippen LogP contribution in [0.15, 0.2) is 0 Å². The number of likely N-dealkylation sites (N-methyl/N-ethyl adjacent to an activating group) is 1. The molecule has 6 heteroatoms. The Morgan fingerprint density at radius 3 is 2.38 bits per heavy atom. The fraction of sp³-hybridized carbons (Fsp3) is 0.867. The molecule has 21 heavy (non-hydrogen) atoms. The van der Waals surface area contributed by atoms with Crippen LogP contribution in [0.5, 0.6) is 0 Å². The van der Waals surface area contributed by atoms with Gasteiger partial charge in [0.15, 0.2) is 0 Å². The first kappa shape index (κ1) is 17.9. The third-order valence-corrected chi connectivity index (χ3v) is 3.81. The van der Waals surface area contributed by atoms with E-state index in [0.717, 1.165) is 0 Å². The molecule has 6 nitrogen and oxygen atoms in total. The van der Waals surface area contributed by atoms with E-state index in [2.05, 4.69) is 5.32 Å². The maximum absolute atomic E-state index is 12.3. The molecular formula is C15H29N3O3. The molecule has 0 unspecified atom stereocenters. The molecule has 1 aliphatic heterocycles. The van der Waals surface area contributed by atoms with Gasteiger partial charge in [0.25, 0.3) is 0 Å². The molecule has 1 heterocycles. The highest BCUT2D eigenvalue weighted by Crippen LogP contribution is 2.20. The van der Waals surface area contributed by atoms with Crippen molar-refractivity contribution in [3.8, 4) is 0 Å². The van der Waals surface area contributed by atoms with Gasteiger partial charge in [-0.3, -0.25) is 14.5 Å². The molecule has 0 radical (unpaired) electrons. The Balaban J connectivity index is 2.43. The van der Waals surface area contributed by atoms with Crippen LogP contribution in [-0.4, -0.2) is 71.1 Å². The SMILES string of the molecule is CCN(CC(=O)NC(C)C)C(=O)CN1CCC(C)(O)CC1. The molecule has 1 aliphatic rings. The van der Waals surface area contributed by atoms with E-state index in [9.17, 15) is 14.7 Å². The number of hydrogen-bond donors (Lipinski definition) is 2. The topological polar surface area (TPSA) is 72.9 Å². The predicted molar refractivity (Wildman–Crippen MR) is 81.8 cm³/mol. The van der Waals surface area contributed by atoms with Crippen molar-refractivity contribution in [2.45, 2.75) is 52.2 Å². The van der Waals surface area contributed by atoms with Crippen molar-refractivity contribution >= 4 is 11.8 Å². The molecule has 0 aromatic rings. The summed E-state index contributed by atoms with van der Waals surface area (Å²) in [6.45, 7) is 9.89. The molecule has 1 rings (SSSR count). The summed E-state index contributed by atoms with van der Waals surface area (Å²) < 4.78 is 0. The fourth-order valence-electron chi connectivity index (χ4n) is 2.40. The van der Waals surface area contributed by atoms with E-state index >= 15 is 0 Å². The van der Waals surface area contributed by atoms with Gasteiger partial charge in [-0.25, -0.2) is 0 Å². The van der Waals surface area contributed by atoms with Crippen molar-refractivity contribution in [3.63, 3.8) is 0 Å². The highest BCUT2D eigenvalue weighted by Gasteiger charge is 2.29. The summed E-state index contributed by atoms with van der Waals surface area (Å²) in [7, 11) is 0. The average molecular weight is 299 g/mol. The van der Waals surface area contributed by atoms with E-state index in [1.807, 2.05) is 32.6 Å². The lowest BCUT2D eigenvalue weighted by molar-refractivity contribution is -0.137. The minimum atomic E-state index is -0.610. The molecular weight excluding hydrogens is 270 g/mol. The van der Waals surface area contributed by atoms with Gasteiger partial charge in [-0.15, -0.1) is 0 Å². The molecule has 0 aromatic heterocycles. The molecule has 1 saturated heterocycles. The second kappa shape index (κ2) is 7.75. The summed E-state index contributed by atoms with van der Waals surface area (Å²) in [4.78, 5) is 27.6. The van der Waals surface area contributed by atoms with Crippen molar-refractivity contribution in [1.82, 2.24) is 15.1 Å². The number of nitrogens with zero attached hydrogens (tertiary/aromatic N) is 2. The highest BCUT2D eigenvalue weighted by molar-refractivity contribution is 5.85. The van der Waals surface area contributed by atoms with E-state index in [-0.39, 0.29) is 24.4 Å². The van der Waals surface area contributed by atoms with Crippen LogP contribution < -0.4 is 5.32 Å². The molecule has 0 spiro atoms. The Hall–Kier alpha value is -1.14. The smallest absolute Gasteiger partial charge is 0.239 e. The van der Waals surface area contributed by atoms with Gasteiger partial charge in [0.1, 0.15) is 0 Å². The second-order valence-electron chi connectivity index (χ2n) is 6.40. The fourth-order valence-corrected chi connectivity index (χ4v) is 2.40. The van der Waals surface area contributed by atoms with Crippen molar-refractivity contribution in [1.29, 1.82) is 0 Å².